The fourth-order valence-corrected chi connectivity index (χ4v) is 1.12. The second-order valence-corrected chi connectivity index (χ2v) is 3.27. The van der Waals surface area contributed by atoms with Gasteiger partial charge in [0.1, 0.15) is 6.04 Å². The molecule has 1 aromatic rings. The normalized spacial score (nSPS) is 12.5. The highest BCUT2D eigenvalue weighted by molar-refractivity contribution is 6.30. The maximum atomic E-state index is 11.4. The zero-order chi connectivity index (χ0) is 10.6. The van der Waals surface area contributed by atoms with Crippen LogP contribution in [0.5, 0.6) is 0 Å². The number of nitrogens with one attached hydrogen (secondary N) is 1. The predicted octanol–water partition coefficient (Wildman–Crippen LogP) is 0.206. The molecule has 0 spiro atoms. The van der Waals surface area contributed by atoms with Gasteiger partial charge in [-0.1, -0.05) is 11.6 Å². The Balaban J connectivity index is 2.56. The Hall–Kier alpha value is -1.07. The monoisotopic (exact) mass is 217 g/mol. The molecule has 1 amide bonds. The lowest BCUT2D eigenvalue weighted by molar-refractivity contribution is -0.124. The molecular weight excluding hydrogens is 206 g/mol. The summed E-state index contributed by atoms with van der Waals surface area (Å²) < 4.78 is 1.47. The number of hydrogen-bond acceptors (Lipinski definition) is 3. The number of rotatable bonds is 4. The van der Waals surface area contributed by atoms with E-state index in [1.54, 1.807) is 13.1 Å². The molecule has 0 saturated carbocycles. The average molecular weight is 218 g/mol. The number of amides is 1. The van der Waals surface area contributed by atoms with Crippen molar-refractivity contribution in [2.75, 3.05) is 13.2 Å². The summed E-state index contributed by atoms with van der Waals surface area (Å²) in [7, 11) is 0. The highest BCUT2D eigenvalue weighted by Gasteiger charge is 2.14. The van der Waals surface area contributed by atoms with E-state index >= 15 is 0 Å². The van der Waals surface area contributed by atoms with Gasteiger partial charge in [0, 0.05) is 12.7 Å². The van der Waals surface area contributed by atoms with Crippen molar-refractivity contribution >= 4 is 17.5 Å². The number of carbonyl (C=O) groups is 1. The molecule has 0 aliphatic carbocycles. The molecule has 2 N–H and O–H groups in total. The third-order valence-corrected chi connectivity index (χ3v) is 1.95. The molecule has 5 nitrogen and oxygen atoms in total. The molecule has 14 heavy (non-hydrogen) atoms. The van der Waals surface area contributed by atoms with Crippen LogP contribution in [0.15, 0.2) is 12.4 Å². The van der Waals surface area contributed by atoms with Crippen LogP contribution in [0.1, 0.15) is 13.0 Å². The summed E-state index contributed by atoms with van der Waals surface area (Å²) in [5.74, 6) is -0.196. The molecule has 0 aliphatic heterocycles. The van der Waals surface area contributed by atoms with Gasteiger partial charge in [-0.2, -0.15) is 5.10 Å². The van der Waals surface area contributed by atoms with E-state index in [2.05, 4.69) is 10.4 Å². The topological polar surface area (TPSA) is 67.2 Å². The van der Waals surface area contributed by atoms with Crippen LogP contribution in [-0.4, -0.2) is 33.9 Å². The molecule has 0 fully saturated rings. The van der Waals surface area contributed by atoms with Crippen molar-refractivity contribution in [2.45, 2.75) is 13.0 Å². The lowest BCUT2D eigenvalue weighted by Crippen LogP contribution is -2.33. The number of aliphatic hydroxyl groups is 1. The number of halogens is 1. The van der Waals surface area contributed by atoms with Gasteiger partial charge in [0.2, 0.25) is 5.91 Å². The van der Waals surface area contributed by atoms with Gasteiger partial charge in [-0.25, -0.2) is 0 Å². The summed E-state index contributed by atoms with van der Waals surface area (Å²) in [5.41, 5.74) is 0. The lowest BCUT2D eigenvalue weighted by atomic mass is 10.3. The lowest BCUT2D eigenvalue weighted by Gasteiger charge is -2.11. The summed E-state index contributed by atoms with van der Waals surface area (Å²) in [6.45, 7) is 1.88. The van der Waals surface area contributed by atoms with Gasteiger partial charge in [0.05, 0.1) is 17.8 Å². The van der Waals surface area contributed by atoms with E-state index in [0.717, 1.165) is 0 Å². The summed E-state index contributed by atoms with van der Waals surface area (Å²) in [6, 6.07) is -0.422. The first kappa shape index (κ1) is 11.0. The van der Waals surface area contributed by atoms with Crippen molar-refractivity contribution in [1.29, 1.82) is 0 Å². The van der Waals surface area contributed by atoms with Crippen LogP contribution < -0.4 is 5.32 Å². The van der Waals surface area contributed by atoms with E-state index in [9.17, 15) is 4.79 Å². The third-order valence-electron chi connectivity index (χ3n) is 1.76. The molecule has 1 aromatic heterocycles. The van der Waals surface area contributed by atoms with Crippen molar-refractivity contribution in [3.05, 3.63) is 17.4 Å². The van der Waals surface area contributed by atoms with Crippen molar-refractivity contribution in [2.24, 2.45) is 0 Å². The number of aromatic nitrogens is 2. The molecule has 0 bridgehead atoms. The van der Waals surface area contributed by atoms with Gasteiger partial charge in [-0.3, -0.25) is 9.48 Å². The molecule has 1 heterocycles. The molecule has 1 atom stereocenters. The van der Waals surface area contributed by atoms with E-state index < -0.39 is 6.04 Å². The molecular formula is C8H12ClN3O2. The van der Waals surface area contributed by atoms with Crippen LogP contribution in [0.3, 0.4) is 0 Å². The van der Waals surface area contributed by atoms with Crippen LogP contribution in [0.2, 0.25) is 5.02 Å². The second-order valence-electron chi connectivity index (χ2n) is 2.83. The highest BCUT2D eigenvalue weighted by atomic mass is 35.5. The SMILES string of the molecule is CC(C(=O)NCCO)n1cc(Cl)cn1. The number of nitrogens with zero attached hydrogens (tertiary/aromatic N) is 2. The fourth-order valence-electron chi connectivity index (χ4n) is 0.974. The summed E-state index contributed by atoms with van der Waals surface area (Å²) in [4.78, 5) is 11.4. The Kier molecular flexibility index (Phi) is 3.91. The zero-order valence-electron chi connectivity index (χ0n) is 7.77. The number of hydrogen-bond donors (Lipinski definition) is 2. The largest absolute Gasteiger partial charge is 0.395 e. The molecule has 78 valence electrons. The average Bonchev–Trinajstić information content (AvgIpc) is 2.60. The molecule has 1 unspecified atom stereocenters. The Labute approximate surface area is 86.7 Å². The number of aliphatic hydroxyl groups excluding tert-OH is 1. The predicted molar refractivity (Wildman–Crippen MR) is 52.0 cm³/mol. The van der Waals surface area contributed by atoms with Crippen LogP contribution in [0, 0.1) is 0 Å². The van der Waals surface area contributed by atoms with Crippen molar-refractivity contribution in [1.82, 2.24) is 15.1 Å². The molecule has 0 radical (unpaired) electrons. The van der Waals surface area contributed by atoms with Crippen molar-refractivity contribution < 1.29 is 9.90 Å². The highest BCUT2D eigenvalue weighted by Crippen LogP contribution is 2.10. The van der Waals surface area contributed by atoms with Crippen molar-refractivity contribution in [3.63, 3.8) is 0 Å². The minimum absolute atomic E-state index is 0.0711. The summed E-state index contributed by atoms with van der Waals surface area (Å²) >= 11 is 5.66. The van der Waals surface area contributed by atoms with Crippen LogP contribution in [-0.2, 0) is 4.79 Å². The fraction of sp³-hybridized carbons (Fsp3) is 0.500. The van der Waals surface area contributed by atoms with Crippen LogP contribution in [0.25, 0.3) is 0 Å². The Morgan fingerprint density at radius 3 is 3.07 bits per heavy atom. The quantitative estimate of drug-likeness (QED) is 0.758. The maximum absolute atomic E-state index is 11.4. The van der Waals surface area contributed by atoms with Gasteiger partial charge < -0.3 is 10.4 Å². The first-order chi connectivity index (χ1) is 6.65. The standard InChI is InChI=1S/C8H12ClN3O2/c1-6(8(14)10-2-3-13)12-5-7(9)4-11-12/h4-6,13H,2-3H2,1H3,(H,10,14). The van der Waals surface area contributed by atoms with E-state index in [1.807, 2.05) is 0 Å². The zero-order valence-corrected chi connectivity index (χ0v) is 8.53. The van der Waals surface area contributed by atoms with E-state index in [-0.39, 0.29) is 19.1 Å². The van der Waals surface area contributed by atoms with E-state index in [0.29, 0.717) is 5.02 Å². The van der Waals surface area contributed by atoms with Crippen LogP contribution in [0.4, 0.5) is 0 Å². The van der Waals surface area contributed by atoms with E-state index in [4.69, 9.17) is 16.7 Å². The summed E-state index contributed by atoms with van der Waals surface area (Å²) in [6.07, 6.45) is 3.04. The van der Waals surface area contributed by atoms with Gasteiger partial charge >= 0.3 is 0 Å². The van der Waals surface area contributed by atoms with Gasteiger partial charge in [0.25, 0.3) is 0 Å². The molecule has 0 aromatic carbocycles. The molecule has 1 rings (SSSR count). The minimum atomic E-state index is -0.422. The van der Waals surface area contributed by atoms with E-state index in [1.165, 1.54) is 10.9 Å². The minimum Gasteiger partial charge on any atom is -0.395 e. The molecule has 0 saturated heterocycles. The summed E-state index contributed by atoms with van der Waals surface area (Å²) in [5, 5.41) is 15.5. The van der Waals surface area contributed by atoms with Crippen LogP contribution >= 0.6 is 11.6 Å². The van der Waals surface area contributed by atoms with Gasteiger partial charge in [-0.05, 0) is 6.92 Å². The van der Waals surface area contributed by atoms with Gasteiger partial charge in [-0.15, -0.1) is 0 Å². The molecule has 6 heteroatoms. The smallest absolute Gasteiger partial charge is 0.244 e. The number of carbonyl (C=O) groups excluding carboxylic acids is 1. The third kappa shape index (κ3) is 2.71. The van der Waals surface area contributed by atoms with Gasteiger partial charge in [0.15, 0.2) is 0 Å². The maximum Gasteiger partial charge on any atom is 0.244 e. The first-order valence-electron chi connectivity index (χ1n) is 4.23. The molecule has 0 aliphatic rings. The Morgan fingerprint density at radius 2 is 2.57 bits per heavy atom. The second kappa shape index (κ2) is 4.97. The first-order valence-corrected chi connectivity index (χ1v) is 4.61. The Morgan fingerprint density at radius 1 is 1.86 bits per heavy atom. The van der Waals surface area contributed by atoms with Crippen molar-refractivity contribution in [3.8, 4) is 0 Å². The Bertz CT molecular complexity index is 313.